The van der Waals surface area contributed by atoms with Crippen LogP contribution >= 0.6 is 0 Å². The van der Waals surface area contributed by atoms with E-state index in [1.165, 1.54) is 0 Å². The molecule has 2 aromatic rings. The molecular weight excluding hydrogens is 281 g/mol. The largest absolute Gasteiger partial charge is 0.426 e. The van der Waals surface area contributed by atoms with Crippen LogP contribution in [0.25, 0.3) is 0 Å². The summed E-state index contributed by atoms with van der Waals surface area (Å²) in [5.74, 6) is -4.27. The van der Waals surface area contributed by atoms with Crippen LogP contribution in [-0.2, 0) is 17.1 Å². The predicted molar refractivity (Wildman–Crippen MR) is 71.7 cm³/mol. The summed E-state index contributed by atoms with van der Waals surface area (Å²) in [6.45, 7) is 0.674. The molecule has 21 heavy (non-hydrogen) atoms. The van der Waals surface area contributed by atoms with E-state index >= 15 is 0 Å². The lowest BCUT2D eigenvalue weighted by Gasteiger charge is -2.12. The highest BCUT2D eigenvalue weighted by Crippen LogP contribution is 2.28. The lowest BCUT2D eigenvalue weighted by molar-refractivity contribution is -0.133. The molecule has 0 heterocycles. The lowest BCUT2D eigenvalue weighted by atomic mass is 10.0. The molecule has 0 saturated heterocycles. The number of carbonyl (C=O) groups excluding carboxylic acids is 1. The van der Waals surface area contributed by atoms with Crippen LogP contribution in [-0.4, -0.2) is 5.97 Å². The molecule has 0 N–H and O–H groups in total. The van der Waals surface area contributed by atoms with Crippen molar-refractivity contribution in [1.82, 2.24) is 0 Å². The van der Waals surface area contributed by atoms with Crippen LogP contribution in [0.2, 0.25) is 0 Å². The highest BCUT2D eigenvalue weighted by Gasteiger charge is 2.25. The van der Waals surface area contributed by atoms with Crippen LogP contribution in [0.1, 0.15) is 18.1 Å². The molecule has 0 atom stereocenters. The first-order chi connectivity index (χ1) is 9.84. The number of esters is 1. The van der Waals surface area contributed by atoms with E-state index in [1.54, 1.807) is 30.3 Å². The third kappa shape index (κ3) is 4.34. The van der Waals surface area contributed by atoms with Crippen molar-refractivity contribution in [3.8, 4) is 5.75 Å². The van der Waals surface area contributed by atoms with E-state index in [9.17, 15) is 18.0 Å². The van der Waals surface area contributed by atoms with E-state index in [4.69, 9.17) is 4.74 Å². The van der Waals surface area contributed by atoms with Crippen LogP contribution in [0.15, 0.2) is 48.5 Å². The number of hydrogen-bond acceptors (Lipinski definition) is 2. The summed E-state index contributed by atoms with van der Waals surface area (Å²) in [5.41, 5.74) is -0.322. The molecule has 2 nitrogen and oxygen atoms in total. The minimum absolute atomic E-state index is 0.146. The molecule has 0 unspecified atom stereocenters. The molecular formula is C16H13F3O2. The van der Waals surface area contributed by atoms with Gasteiger partial charge in [-0.3, -0.25) is 4.79 Å². The number of carbonyl (C=O) groups is 1. The van der Waals surface area contributed by atoms with E-state index < -0.39 is 23.3 Å². The molecule has 0 fully saturated rings. The molecule has 0 aliphatic heterocycles. The van der Waals surface area contributed by atoms with Gasteiger partial charge in [0.05, 0.1) is 6.42 Å². The topological polar surface area (TPSA) is 26.3 Å². The van der Waals surface area contributed by atoms with Gasteiger partial charge < -0.3 is 4.74 Å². The number of hydrogen-bond donors (Lipinski definition) is 0. The Kier molecular flexibility index (Phi) is 4.31. The predicted octanol–water partition coefficient (Wildman–Crippen LogP) is 4.09. The highest BCUT2D eigenvalue weighted by atomic mass is 19.3. The Hall–Kier alpha value is -2.30. The zero-order valence-corrected chi connectivity index (χ0v) is 11.3. The van der Waals surface area contributed by atoms with Gasteiger partial charge in [0.25, 0.3) is 5.92 Å². The Morgan fingerprint density at radius 1 is 1.14 bits per heavy atom. The maximum absolute atomic E-state index is 13.3. The monoisotopic (exact) mass is 294 g/mol. The second-order valence-corrected chi connectivity index (χ2v) is 4.70. The first kappa shape index (κ1) is 15.1. The van der Waals surface area contributed by atoms with E-state index in [-0.39, 0.29) is 12.0 Å². The van der Waals surface area contributed by atoms with Crippen molar-refractivity contribution in [2.24, 2.45) is 0 Å². The molecule has 2 rings (SSSR count). The van der Waals surface area contributed by atoms with Crippen LogP contribution in [0.5, 0.6) is 5.75 Å². The average Bonchev–Trinajstić information content (AvgIpc) is 2.37. The zero-order chi connectivity index (χ0) is 15.5. The molecule has 0 aliphatic rings. The van der Waals surface area contributed by atoms with E-state index in [0.29, 0.717) is 12.7 Å². The van der Waals surface area contributed by atoms with Crippen molar-refractivity contribution in [2.45, 2.75) is 19.3 Å². The van der Waals surface area contributed by atoms with Crippen LogP contribution in [0.3, 0.4) is 0 Å². The zero-order valence-electron chi connectivity index (χ0n) is 11.3. The number of alkyl halides is 2. The average molecular weight is 294 g/mol. The van der Waals surface area contributed by atoms with Gasteiger partial charge in [-0.15, -0.1) is 0 Å². The third-order valence-corrected chi connectivity index (χ3v) is 2.79. The maximum atomic E-state index is 13.3. The standard InChI is InChI=1S/C16H13F3O2/c1-16(18,19)12-7-11(8-13(17)10-12)9-15(20)21-14-5-3-2-4-6-14/h2-8,10H,9H2,1H3. The van der Waals surface area contributed by atoms with Crippen LogP contribution in [0.4, 0.5) is 13.2 Å². The Balaban J connectivity index is 2.12. The number of halogens is 3. The van der Waals surface area contributed by atoms with Crippen molar-refractivity contribution in [2.75, 3.05) is 0 Å². The van der Waals surface area contributed by atoms with Gasteiger partial charge in [-0.2, -0.15) is 0 Å². The number of ether oxygens (including phenoxy) is 1. The molecule has 0 aliphatic carbocycles. The summed E-state index contributed by atoms with van der Waals surface area (Å²) in [7, 11) is 0. The SMILES string of the molecule is CC(F)(F)c1cc(F)cc(CC(=O)Oc2ccccc2)c1. The Morgan fingerprint density at radius 2 is 1.81 bits per heavy atom. The summed E-state index contributed by atoms with van der Waals surface area (Å²) in [6.07, 6.45) is -0.282. The molecule has 5 heteroatoms. The molecule has 0 radical (unpaired) electrons. The fourth-order valence-corrected chi connectivity index (χ4v) is 1.83. The van der Waals surface area contributed by atoms with Crippen LogP contribution in [0, 0.1) is 5.82 Å². The summed E-state index contributed by atoms with van der Waals surface area (Å²) < 4.78 is 44.8. The molecule has 0 amide bonds. The number of benzene rings is 2. The Morgan fingerprint density at radius 3 is 2.43 bits per heavy atom. The molecule has 0 spiro atoms. The maximum Gasteiger partial charge on any atom is 0.315 e. The van der Waals surface area contributed by atoms with Gasteiger partial charge >= 0.3 is 5.97 Å². The minimum Gasteiger partial charge on any atom is -0.426 e. The fourth-order valence-electron chi connectivity index (χ4n) is 1.83. The van der Waals surface area contributed by atoms with Crippen molar-refractivity contribution in [3.05, 3.63) is 65.5 Å². The molecule has 2 aromatic carbocycles. The van der Waals surface area contributed by atoms with Gasteiger partial charge in [-0.05, 0) is 35.9 Å². The van der Waals surface area contributed by atoms with Crippen LogP contribution < -0.4 is 4.74 Å². The first-order valence-corrected chi connectivity index (χ1v) is 6.28. The number of rotatable bonds is 4. The van der Waals surface area contributed by atoms with Gasteiger partial charge in [-0.1, -0.05) is 18.2 Å². The van der Waals surface area contributed by atoms with E-state index in [0.717, 1.165) is 18.2 Å². The van der Waals surface area contributed by atoms with Gasteiger partial charge in [-0.25, -0.2) is 13.2 Å². The van der Waals surface area contributed by atoms with Crippen molar-refractivity contribution >= 4 is 5.97 Å². The second kappa shape index (κ2) is 5.99. The molecule has 0 saturated carbocycles. The number of para-hydroxylation sites is 1. The Labute approximate surface area is 120 Å². The highest BCUT2D eigenvalue weighted by molar-refractivity contribution is 5.75. The summed E-state index contributed by atoms with van der Waals surface area (Å²) >= 11 is 0. The Bertz CT molecular complexity index is 634. The van der Waals surface area contributed by atoms with Gasteiger partial charge in [0.15, 0.2) is 0 Å². The smallest absolute Gasteiger partial charge is 0.315 e. The summed E-state index contributed by atoms with van der Waals surface area (Å²) in [4.78, 5) is 11.7. The van der Waals surface area contributed by atoms with Crippen molar-refractivity contribution < 1.29 is 22.7 Å². The molecule has 110 valence electrons. The molecule has 0 bridgehead atoms. The minimum atomic E-state index is -3.17. The van der Waals surface area contributed by atoms with E-state index in [2.05, 4.69) is 0 Å². The van der Waals surface area contributed by atoms with Gasteiger partial charge in [0.2, 0.25) is 0 Å². The molecule has 0 aromatic heterocycles. The quantitative estimate of drug-likeness (QED) is 0.627. The second-order valence-electron chi connectivity index (χ2n) is 4.70. The lowest BCUT2D eigenvalue weighted by Crippen LogP contribution is -2.13. The van der Waals surface area contributed by atoms with Crippen molar-refractivity contribution in [3.63, 3.8) is 0 Å². The van der Waals surface area contributed by atoms with Gasteiger partial charge in [0, 0.05) is 12.5 Å². The fraction of sp³-hybridized carbons (Fsp3) is 0.188. The van der Waals surface area contributed by atoms with Crippen molar-refractivity contribution in [1.29, 1.82) is 0 Å². The third-order valence-electron chi connectivity index (χ3n) is 2.79. The van der Waals surface area contributed by atoms with Gasteiger partial charge in [0.1, 0.15) is 11.6 Å². The first-order valence-electron chi connectivity index (χ1n) is 6.28. The normalized spacial score (nSPS) is 11.2. The summed E-state index contributed by atoms with van der Waals surface area (Å²) in [6, 6.07) is 11.2. The summed E-state index contributed by atoms with van der Waals surface area (Å²) in [5, 5.41) is 0. The van der Waals surface area contributed by atoms with E-state index in [1.807, 2.05) is 0 Å².